The SMILES string of the molecule is CC(NS(=O)(=O)Cc1ccc(C(N)=S)cc1)C(=O)N(C)C. The normalized spacial score (nSPS) is 12.7. The van der Waals surface area contributed by atoms with Crippen molar-refractivity contribution in [3.8, 4) is 0 Å². The minimum absolute atomic E-state index is 0.213. The summed E-state index contributed by atoms with van der Waals surface area (Å²) in [6.45, 7) is 1.51. The van der Waals surface area contributed by atoms with E-state index >= 15 is 0 Å². The van der Waals surface area contributed by atoms with Crippen LogP contribution in [0.15, 0.2) is 24.3 Å². The Morgan fingerprint density at radius 3 is 2.29 bits per heavy atom. The number of likely N-dealkylation sites (N-methyl/N-ethyl adjacent to an activating group) is 1. The third kappa shape index (κ3) is 5.41. The van der Waals surface area contributed by atoms with Gasteiger partial charge in [0.25, 0.3) is 0 Å². The molecule has 0 saturated heterocycles. The van der Waals surface area contributed by atoms with Gasteiger partial charge in [-0.15, -0.1) is 0 Å². The molecular formula is C13H19N3O3S2. The summed E-state index contributed by atoms with van der Waals surface area (Å²) in [5, 5.41) is 0. The maximum atomic E-state index is 12.0. The molecule has 0 aliphatic carbocycles. The summed E-state index contributed by atoms with van der Waals surface area (Å²) in [7, 11) is -0.465. The van der Waals surface area contributed by atoms with Crippen LogP contribution in [-0.4, -0.2) is 44.4 Å². The van der Waals surface area contributed by atoms with Gasteiger partial charge in [0, 0.05) is 19.7 Å². The van der Waals surface area contributed by atoms with Crippen LogP contribution in [0.2, 0.25) is 0 Å². The first-order chi connectivity index (χ1) is 9.62. The van der Waals surface area contributed by atoms with Crippen molar-refractivity contribution in [1.29, 1.82) is 0 Å². The van der Waals surface area contributed by atoms with Crippen LogP contribution in [0.4, 0.5) is 0 Å². The lowest BCUT2D eigenvalue weighted by Crippen LogP contribution is -2.44. The van der Waals surface area contributed by atoms with Crippen LogP contribution >= 0.6 is 12.2 Å². The van der Waals surface area contributed by atoms with Crippen LogP contribution in [0.3, 0.4) is 0 Å². The van der Waals surface area contributed by atoms with E-state index in [0.29, 0.717) is 11.1 Å². The van der Waals surface area contributed by atoms with E-state index < -0.39 is 16.1 Å². The molecule has 0 aliphatic heterocycles. The average Bonchev–Trinajstić information content (AvgIpc) is 2.37. The first-order valence-electron chi connectivity index (χ1n) is 6.22. The van der Waals surface area contributed by atoms with Gasteiger partial charge in [0.2, 0.25) is 15.9 Å². The number of carbonyl (C=O) groups is 1. The summed E-state index contributed by atoms with van der Waals surface area (Å²) in [6, 6.07) is 5.82. The number of benzene rings is 1. The number of hydrogen-bond acceptors (Lipinski definition) is 4. The largest absolute Gasteiger partial charge is 0.389 e. The zero-order chi connectivity index (χ0) is 16.2. The van der Waals surface area contributed by atoms with Crippen molar-refractivity contribution >= 4 is 33.1 Å². The van der Waals surface area contributed by atoms with Crippen LogP contribution in [0, 0.1) is 0 Å². The van der Waals surface area contributed by atoms with Crippen LogP contribution in [-0.2, 0) is 20.6 Å². The number of nitrogens with one attached hydrogen (secondary N) is 1. The predicted molar refractivity (Wildman–Crippen MR) is 86.2 cm³/mol. The zero-order valence-electron chi connectivity index (χ0n) is 12.2. The Bertz CT molecular complexity index is 625. The van der Waals surface area contributed by atoms with E-state index in [9.17, 15) is 13.2 Å². The van der Waals surface area contributed by atoms with Gasteiger partial charge in [0.05, 0.1) is 11.8 Å². The van der Waals surface area contributed by atoms with Crippen LogP contribution in [0.1, 0.15) is 18.1 Å². The van der Waals surface area contributed by atoms with E-state index in [-0.39, 0.29) is 16.6 Å². The number of thiocarbonyl (C=S) groups is 1. The van der Waals surface area contributed by atoms with E-state index in [4.69, 9.17) is 18.0 Å². The van der Waals surface area contributed by atoms with Gasteiger partial charge < -0.3 is 10.6 Å². The smallest absolute Gasteiger partial charge is 0.239 e. The van der Waals surface area contributed by atoms with Gasteiger partial charge in [-0.3, -0.25) is 4.79 Å². The summed E-state index contributed by atoms with van der Waals surface area (Å²) in [5.41, 5.74) is 6.74. The second-order valence-corrected chi connectivity index (χ2v) is 7.09. The van der Waals surface area contributed by atoms with Gasteiger partial charge in [0.15, 0.2) is 0 Å². The van der Waals surface area contributed by atoms with E-state index in [2.05, 4.69) is 4.72 Å². The topological polar surface area (TPSA) is 92.5 Å². The van der Waals surface area contributed by atoms with E-state index in [1.54, 1.807) is 38.4 Å². The number of nitrogens with two attached hydrogens (primary N) is 1. The van der Waals surface area contributed by atoms with Gasteiger partial charge in [-0.1, -0.05) is 36.5 Å². The molecule has 1 rings (SSSR count). The molecule has 3 N–H and O–H groups in total. The molecule has 116 valence electrons. The molecule has 0 heterocycles. The predicted octanol–water partition coefficient (Wildman–Crippen LogP) is 0.217. The Kier molecular flexibility index (Phi) is 5.82. The Labute approximate surface area is 130 Å². The average molecular weight is 329 g/mol. The summed E-state index contributed by atoms with van der Waals surface area (Å²) in [5.74, 6) is -0.516. The summed E-state index contributed by atoms with van der Waals surface area (Å²) in [4.78, 5) is 13.3. The summed E-state index contributed by atoms with van der Waals surface area (Å²) in [6.07, 6.45) is 0. The van der Waals surface area contributed by atoms with Crippen molar-refractivity contribution in [3.63, 3.8) is 0 Å². The van der Waals surface area contributed by atoms with Crippen molar-refractivity contribution in [3.05, 3.63) is 35.4 Å². The first-order valence-corrected chi connectivity index (χ1v) is 8.28. The number of sulfonamides is 1. The Hall–Kier alpha value is -1.51. The zero-order valence-corrected chi connectivity index (χ0v) is 13.8. The molecule has 1 aromatic rings. The molecule has 0 fully saturated rings. The molecule has 6 nitrogen and oxygen atoms in total. The molecule has 8 heteroatoms. The minimum Gasteiger partial charge on any atom is -0.389 e. The highest BCUT2D eigenvalue weighted by molar-refractivity contribution is 7.88. The number of carbonyl (C=O) groups excluding carboxylic acids is 1. The highest BCUT2D eigenvalue weighted by Crippen LogP contribution is 2.08. The van der Waals surface area contributed by atoms with Crippen LogP contribution in [0.25, 0.3) is 0 Å². The molecule has 0 aliphatic rings. The van der Waals surface area contributed by atoms with Crippen molar-refractivity contribution in [2.45, 2.75) is 18.7 Å². The Morgan fingerprint density at radius 1 is 1.33 bits per heavy atom. The van der Waals surface area contributed by atoms with E-state index in [1.165, 1.54) is 11.8 Å². The lowest BCUT2D eigenvalue weighted by atomic mass is 10.1. The second-order valence-electron chi connectivity index (χ2n) is 4.89. The van der Waals surface area contributed by atoms with Gasteiger partial charge in [0.1, 0.15) is 4.99 Å². The molecule has 1 atom stereocenters. The molecule has 1 aromatic carbocycles. The molecule has 1 unspecified atom stereocenters. The third-order valence-electron chi connectivity index (χ3n) is 2.76. The van der Waals surface area contributed by atoms with Gasteiger partial charge in [-0.25, -0.2) is 13.1 Å². The molecule has 21 heavy (non-hydrogen) atoms. The maximum Gasteiger partial charge on any atom is 0.239 e. The van der Waals surface area contributed by atoms with Gasteiger partial charge in [-0.05, 0) is 12.5 Å². The van der Waals surface area contributed by atoms with Crippen molar-refractivity contribution < 1.29 is 13.2 Å². The van der Waals surface area contributed by atoms with Crippen molar-refractivity contribution in [2.75, 3.05) is 14.1 Å². The minimum atomic E-state index is -3.61. The number of hydrogen-bond donors (Lipinski definition) is 2. The fraction of sp³-hybridized carbons (Fsp3) is 0.385. The van der Waals surface area contributed by atoms with Crippen LogP contribution < -0.4 is 10.5 Å². The Balaban J connectivity index is 2.76. The fourth-order valence-corrected chi connectivity index (χ4v) is 3.22. The third-order valence-corrected chi connectivity index (χ3v) is 4.42. The quantitative estimate of drug-likeness (QED) is 0.728. The maximum absolute atomic E-state index is 12.0. The van der Waals surface area contributed by atoms with Crippen LogP contribution in [0.5, 0.6) is 0 Å². The Morgan fingerprint density at radius 2 is 1.86 bits per heavy atom. The molecular weight excluding hydrogens is 310 g/mol. The van der Waals surface area contributed by atoms with Crippen molar-refractivity contribution in [2.24, 2.45) is 5.73 Å². The molecule has 0 saturated carbocycles. The monoisotopic (exact) mass is 329 g/mol. The summed E-state index contributed by atoms with van der Waals surface area (Å²) >= 11 is 4.83. The van der Waals surface area contributed by atoms with E-state index in [0.717, 1.165) is 0 Å². The molecule has 0 bridgehead atoms. The number of nitrogens with zero attached hydrogens (tertiary/aromatic N) is 1. The highest BCUT2D eigenvalue weighted by atomic mass is 32.2. The number of amides is 1. The fourth-order valence-electron chi connectivity index (χ4n) is 1.73. The molecule has 0 aromatic heterocycles. The molecule has 1 amide bonds. The van der Waals surface area contributed by atoms with Gasteiger partial charge >= 0.3 is 0 Å². The molecule has 0 radical (unpaired) electrons. The number of rotatable bonds is 6. The first kappa shape index (κ1) is 17.5. The summed E-state index contributed by atoms with van der Waals surface area (Å²) < 4.78 is 26.4. The van der Waals surface area contributed by atoms with Crippen molar-refractivity contribution in [1.82, 2.24) is 9.62 Å². The van der Waals surface area contributed by atoms with E-state index in [1.807, 2.05) is 0 Å². The lowest BCUT2D eigenvalue weighted by molar-refractivity contribution is -0.130. The van der Waals surface area contributed by atoms with Gasteiger partial charge in [-0.2, -0.15) is 0 Å². The second kappa shape index (κ2) is 6.97. The lowest BCUT2D eigenvalue weighted by Gasteiger charge is -2.18. The standard InChI is InChI=1S/C13H19N3O3S2/c1-9(13(17)16(2)3)15-21(18,19)8-10-4-6-11(7-5-10)12(14)20/h4-7,9,15H,8H2,1-3H3,(H2,14,20). The molecule has 0 spiro atoms. The highest BCUT2D eigenvalue weighted by Gasteiger charge is 2.21.